The number of carbonyl (C=O) groups excluding carboxylic acids is 1. The molecule has 0 saturated carbocycles. The molecule has 0 radical (unpaired) electrons. The van der Waals surface area contributed by atoms with Crippen LogP contribution >= 0.6 is 23.2 Å². The van der Waals surface area contributed by atoms with Crippen molar-refractivity contribution in [1.29, 1.82) is 0 Å². The van der Waals surface area contributed by atoms with Crippen LogP contribution in [0.1, 0.15) is 22.3 Å². The van der Waals surface area contributed by atoms with Crippen molar-refractivity contribution in [3.63, 3.8) is 0 Å². The van der Waals surface area contributed by atoms with Gasteiger partial charge in [0.2, 0.25) is 0 Å². The van der Waals surface area contributed by atoms with E-state index in [1.165, 1.54) is 18.2 Å². The molecule has 3 rings (SSSR count). The highest BCUT2D eigenvalue weighted by Crippen LogP contribution is 2.27. The van der Waals surface area contributed by atoms with E-state index in [1.807, 2.05) is 0 Å². The molecule has 0 atom stereocenters. The molecule has 0 aromatic heterocycles. The van der Waals surface area contributed by atoms with Gasteiger partial charge < -0.3 is 4.74 Å². The van der Waals surface area contributed by atoms with Crippen LogP contribution in [0.4, 0.5) is 8.78 Å². The minimum Gasteiger partial charge on any atom is -0.489 e. The zero-order chi connectivity index (χ0) is 20.5. The first-order valence-electron chi connectivity index (χ1n) is 8.05. The average Bonchev–Trinajstić information content (AvgIpc) is 2.55. The highest BCUT2D eigenvalue weighted by atomic mass is 35.5. The van der Waals surface area contributed by atoms with Crippen molar-refractivity contribution in [3.05, 3.63) is 63.1 Å². The SMILES string of the molecule is O=C(NS(=O)(=O)N1CCC1)c1cc(F)c(COc2ccc(Cl)c(Cl)c2)cc1F. The van der Waals surface area contributed by atoms with E-state index in [4.69, 9.17) is 27.9 Å². The van der Waals surface area contributed by atoms with Crippen LogP contribution in [0.25, 0.3) is 0 Å². The van der Waals surface area contributed by atoms with Gasteiger partial charge in [-0.1, -0.05) is 23.2 Å². The second-order valence-corrected chi connectivity index (χ2v) is 8.46. The van der Waals surface area contributed by atoms with Crippen molar-refractivity contribution in [3.8, 4) is 5.75 Å². The molecule has 0 bridgehead atoms. The molecule has 11 heteroatoms. The topological polar surface area (TPSA) is 75.7 Å². The Balaban J connectivity index is 1.73. The molecule has 1 fully saturated rings. The molecule has 1 aliphatic heterocycles. The van der Waals surface area contributed by atoms with Gasteiger partial charge in [-0.25, -0.2) is 13.5 Å². The predicted octanol–water partition coefficient (Wildman–Crippen LogP) is 3.53. The van der Waals surface area contributed by atoms with E-state index in [1.54, 1.807) is 4.72 Å². The quantitative estimate of drug-likeness (QED) is 0.730. The van der Waals surface area contributed by atoms with Crippen LogP contribution < -0.4 is 9.46 Å². The highest BCUT2D eigenvalue weighted by molar-refractivity contribution is 7.87. The van der Waals surface area contributed by atoms with E-state index in [0.717, 1.165) is 10.4 Å². The van der Waals surface area contributed by atoms with Crippen molar-refractivity contribution >= 4 is 39.3 Å². The lowest BCUT2D eigenvalue weighted by atomic mass is 10.1. The number of ether oxygens (including phenoxy) is 1. The largest absolute Gasteiger partial charge is 0.489 e. The van der Waals surface area contributed by atoms with E-state index < -0.39 is 33.3 Å². The fraction of sp³-hybridized carbons (Fsp3) is 0.235. The normalized spacial score (nSPS) is 14.4. The zero-order valence-corrected chi connectivity index (χ0v) is 16.5. The molecule has 28 heavy (non-hydrogen) atoms. The lowest BCUT2D eigenvalue weighted by Crippen LogP contribution is -2.49. The van der Waals surface area contributed by atoms with Gasteiger partial charge in [0.1, 0.15) is 24.0 Å². The molecule has 0 aliphatic carbocycles. The minimum atomic E-state index is -4.07. The smallest absolute Gasteiger partial charge is 0.304 e. The summed E-state index contributed by atoms with van der Waals surface area (Å²) in [5.41, 5.74) is -0.884. The monoisotopic (exact) mass is 450 g/mol. The number of hydrogen-bond acceptors (Lipinski definition) is 4. The van der Waals surface area contributed by atoms with Gasteiger partial charge in [-0.15, -0.1) is 0 Å². The Morgan fingerprint density at radius 2 is 1.82 bits per heavy atom. The summed E-state index contributed by atoms with van der Waals surface area (Å²) in [6.07, 6.45) is 0.672. The van der Waals surface area contributed by atoms with Gasteiger partial charge in [-0.2, -0.15) is 12.7 Å². The van der Waals surface area contributed by atoms with Gasteiger partial charge in [0.05, 0.1) is 15.6 Å². The summed E-state index contributed by atoms with van der Waals surface area (Å²) in [7, 11) is -4.07. The number of nitrogens with one attached hydrogen (secondary N) is 1. The molecule has 0 spiro atoms. The van der Waals surface area contributed by atoms with E-state index >= 15 is 0 Å². The molecule has 1 amide bonds. The second-order valence-electron chi connectivity index (χ2n) is 5.98. The molecular formula is C17H14Cl2F2N2O4S. The third-order valence-corrected chi connectivity index (χ3v) is 6.27. The molecule has 1 heterocycles. The number of amides is 1. The molecule has 1 saturated heterocycles. The lowest BCUT2D eigenvalue weighted by Gasteiger charge is -2.29. The summed E-state index contributed by atoms with van der Waals surface area (Å²) in [6.45, 7) is 0.198. The van der Waals surface area contributed by atoms with Gasteiger partial charge in [-0.05, 0) is 30.7 Å². The maximum absolute atomic E-state index is 14.3. The van der Waals surface area contributed by atoms with Gasteiger partial charge in [0.25, 0.3) is 5.91 Å². The third-order valence-electron chi connectivity index (χ3n) is 4.04. The zero-order valence-electron chi connectivity index (χ0n) is 14.2. The van der Waals surface area contributed by atoms with Crippen molar-refractivity contribution < 1.29 is 26.7 Å². The first-order valence-corrected chi connectivity index (χ1v) is 10.2. The number of hydrogen-bond donors (Lipinski definition) is 1. The first kappa shape index (κ1) is 20.8. The standard InChI is InChI=1S/C17H14Cl2F2N2O4S/c18-13-3-2-11(7-14(13)19)27-9-10-6-16(21)12(8-15(10)20)17(24)22-28(25,26)23-4-1-5-23/h2-3,6-8H,1,4-5,9H2,(H,22,24). The minimum absolute atomic E-state index is 0.161. The second kappa shape index (κ2) is 8.20. The molecule has 1 aliphatic rings. The molecule has 2 aromatic carbocycles. The Bertz CT molecular complexity index is 1030. The van der Waals surface area contributed by atoms with Gasteiger partial charge in [-0.3, -0.25) is 4.79 Å². The summed E-state index contributed by atoms with van der Waals surface area (Å²) in [6, 6.07) is 5.82. The van der Waals surface area contributed by atoms with Gasteiger partial charge in [0, 0.05) is 24.7 Å². The number of carbonyl (C=O) groups is 1. The molecule has 150 valence electrons. The van der Waals surface area contributed by atoms with Crippen LogP contribution in [0.5, 0.6) is 5.75 Å². The summed E-state index contributed by atoms with van der Waals surface area (Å²) in [5, 5.41) is 0.552. The highest BCUT2D eigenvalue weighted by Gasteiger charge is 2.30. The number of rotatable bonds is 6. The van der Waals surface area contributed by atoms with Gasteiger partial charge >= 0.3 is 10.2 Å². The number of benzene rings is 2. The van der Waals surface area contributed by atoms with Crippen molar-refractivity contribution in [2.24, 2.45) is 0 Å². The Hall–Kier alpha value is -1.94. The summed E-state index contributed by atoms with van der Waals surface area (Å²) in [4.78, 5) is 12.1. The van der Waals surface area contributed by atoms with Crippen LogP contribution in [0.2, 0.25) is 10.0 Å². The molecule has 0 unspecified atom stereocenters. The van der Waals surface area contributed by atoms with E-state index in [0.29, 0.717) is 17.5 Å². The predicted molar refractivity (Wildman–Crippen MR) is 99.7 cm³/mol. The number of nitrogens with zero attached hydrogens (tertiary/aromatic N) is 1. The fourth-order valence-corrected chi connectivity index (χ4v) is 3.86. The Morgan fingerprint density at radius 1 is 1.11 bits per heavy atom. The summed E-state index contributed by atoms with van der Waals surface area (Å²) < 4.78 is 60.5. The van der Waals surface area contributed by atoms with Crippen molar-refractivity contribution in [2.45, 2.75) is 13.0 Å². The lowest BCUT2D eigenvalue weighted by molar-refractivity contribution is 0.0973. The van der Waals surface area contributed by atoms with Crippen molar-refractivity contribution in [1.82, 2.24) is 9.03 Å². The summed E-state index contributed by atoms with van der Waals surface area (Å²) >= 11 is 11.6. The Kier molecular flexibility index (Phi) is 6.09. The summed E-state index contributed by atoms with van der Waals surface area (Å²) in [5.74, 6) is -2.96. The van der Waals surface area contributed by atoms with Crippen molar-refractivity contribution in [2.75, 3.05) is 13.1 Å². The van der Waals surface area contributed by atoms with E-state index in [2.05, 4.69) is 0 Å². The average molecular weight is 451 g/mol. The Labute approximate surface area is 170 Å². The van der Waals surface area contributed by atoms with Crippen LogP contribution in [0, 0.1) is 11.6 Å². The maximum atomic E-state index is 14.3. The third kappa shape index (κ3) is 4.54. The molecule has 2 aromatic rings. The molecule has 6 nitrogen and oxygen atoms in total. The number of halogens is 4. The first-order chi connectivity index (χ1) is 13.2. The van der Waals surface area contributed by atoms with Crippen LogP contribution in [-0.2, 0) is 16.8 Å². The molecular weight excluding hydrogens is 437 g/mol. The van der Waals surface area contributed by atoms with Crippen LogP contribution in [0.15, 0.2) is 30.3 Å². The van der Waals surface area contributed by atoms with E-state index in [-0.39, 0.29) is 36.0 Å². The Morgan fingerprint density at radius 3 is 2.43 bits per heavy atom. The van der Waals surface area contributed by atoms with Gasteiger partial charge in [0.15, 0.2) is 0 Å². The van der Waals surface area contributed by atoms with E-state index in [9.17, 15) is 22.0 Å². The van der Waals surface area contributed by atoms with Crippen LogP contribution in [0.3, 0.4) is 0 Å². The fourth-order valence-electron chi connectivity index (χ4n) is 2.36. The molecule has 1 N–H and O–H groups in total. The maximum Gasteiger partial charge on any atom is 0.304 e. The van der Waals surface area contributed by atoms with Crippen LogP contribution in [-0.4, -0.2) is 31.7 Å².